The SMILES string of the molecule is CN1CCN(c2ccccc2NC(=O)Cn2cnc3scc(-c4cccs4)c3c2=O)CC1. The van der Waals surface area contributed by atoms with Crippen LogP contribution in [0, 0.1) is 0 Å². The van der Waals surface area contributed by atoms with Crippen LogP contribution in [0.5, 0.6) is 0 Å². The number of amides is 1. The van der Waals surface area contributed by atoms with Gasteiger partial charge in [0.05, 0.1) is 23.1 Å². The van der Waals surface area contributed by atoms with Gasteiger partial charge in [-0.3, -0.25) is 14.2 Å². The molecule has 1 amide bonds. The molecule has 0 aliphatic carbocycles. The molecule has 1 fully saturated rings. The first-order valence-corrected chi connectivity index (χ1v) is 12.2. The summed E-state index contributed by atoms with van der Waals surface area (Å²) in [5.74, 6) is -0.247. The average Bonchev–Trinajstić information content (AvgIpc) is 3.47. The molecule has 0 radical (unpaired) electrons. The Morgan fingerprint density at radius 1 is 1.09 bits per heavy atom. The van der Waals surface area contributed by atoms with Gasteiger partial charge in [-0.25, -0.2) is 4.98 Å². The van der Waals surface area contributed by atoms with Gasteiger partial charge in [0.15, 0.2) is 0 Å². The number of rotatable bonds is 5. The molecule has 0 spiro atoms. The van der Waals surface area contributed by atoms with Gasteiger partial charge in [-0.05, 0) is 30.6 Å². The predicted molar refractivity (Wildman–Crippen MR) is 132 cm³/mol. The monoisotopic (exact) mass is 465 g/mol. The summed E-state index contributed by atoms with van der Waals surface area (Å²) in [4.78, 5) is 36.8. The zero-order valence-electron chi connectivity index (χ0n) is 17.7. The highest BCUT2D eigenvalue weighted by Gasteiger charge is 2.19. The third kappa shape index (κ3) is 4.06. The quantitative estimate of drug-likeness (QED) is 0.488. The van der Waals surface area contributed by atoms with Crippen molar-refractivity contribution >= 4 is 50.2 Å². The molecule has 7 nitrogen and oxygen atoms in total. The molecular weight excluding hydrogens is 442 g/mol. The standard InChI is InChI=1S/C23H23N5O2S2/c1-26-8-10-27(11-9-26)18-6-3-2-5-17(18)25-20(29)13-28-15-24-22-21(23(28)30)16(14-32-22)19-7-4-12-31-19/h2-7,12,14-15H,8-11,13H2,1H3,(H,25,29). The Kier molecular flexibility index (Phi) is 5.77. The fourth-order valence-corrected chi connectivity index (χ4v) is 5.66. The van der Waals surface area contributed by atoms with Crippen LogP contribution in [-0.4, -0.2) is 53.6 Å². The average molecular weight is 466 g/mol. The smallest absolute Gasteiger partial charge is 0.263 e. The molecule has 1 aliphatic rings. The number of nitrogens with zero attached hydrogens (tertiary/aromatic N) is 4. The highest BCUT2D eigenvalue weighted by Crippen LogP contribution is 2.33. The van der Waals surface area contributed by atoms with Crippen molar-refractivity contribution in [1.82, 2.24) is 14.5 Å². The van der Waals surface area contributed by atoms with Crippen LogP contribution in [0.1, 0.15) is 0 Å². The first-order chi connectivity index (χ1) is 15.6. The van der Waals surface area contributed by atoms with Gasteiger partial charge in [0.25, 0.3) is 5.56 Å². The summed E-state index contributed by atoms with van der Waals surface area (Å²) in [5, 5.41) is 7.52. The molecule has 0 unspecified atom stereocenters. The zero-order valence-corrected chi connectivity index (χ0v) is 19.3. The van der Waals surface area contributed by atoms with Crippen LogP contribution in [0.4, 0.5) is 11.4 Å². The number of anilines is 2. The van der Waals surface area contributed by atoms with Gasteiger partial charge < -0.3 is 15.1 Å². The van der Waals surface area contributed by atoms with Gasteiger partial charge in [-0.1, -0.05) is 18.2 Å². The molecule has 9 heteroatoms. The largest absolute Gasteiger partial charge is 0.367 e. The second-order valence-corrected chi connectivity index (χ2v) is 9.65. The van der Waals surface area contributed by atoms with Crippen LogP contribution < -0.4 is 15.8 Å². The summed E-state index contributed by atoms with van der Waals surface area (Å²) >= 11 is 3.03. The van der Waals surface area contributed by atoms with E-state index in [1.54, 1.807) is 11.3 Å². The van der Waals surface area contributed by atoms with E-state index in [-0.39, 0.29) is 18.0 Å². The lowest BCUT2D eigenvalue weighted by molar-refractivity contribution is -0.116. The molecule has 164 valence electrons. The Morgan fingerprint density at radius 3 is 2.69 bits per heavy atom. The van der Waals surface area contributed by atoms with Crippen molar-refractivity contribution in [3.05, 3.63) is 63.8 Å². The molecule has 4 heterocycles. The molecule has 5 rings (SSSR count). The van der Waals surface area contributed by atoms with Crippen LogP contribution in [0.3, 0.4) is 0 Å². The van der Waals surface area contributed by atoms with Gasteiger partial charge in [-0.15, -0.1) is 22.7 Å². The van der Waals surface area contributed by atoms with Crippen LogP contribution in [-0.2, 0) is 11.3 Å². The van der Waals surface area contributed by atoms with Gasteiger partial charge in [-0.2, -0.15) is 0 Å². The predicted octanol–water partition coefficient (Wildman–Crippen LogP) is 3.58. The first-order valence-electron chi connectivity index (χ1n) is 10.4. The van der Waals surface area contributed by atoms with E-state index in [0.29, 0.717) is 10.2 Å². The number of piperazine rings is 1. The summed E-state index contributed by atoms with van der Waals surface area (Å²) in [5.41, 5.74) is 2.46. The van der Waals surface area contributed by atoms with Crippen molar-refractivity contribution in [3.8, 4) is 10.4 Å². The van der Waals surface area contributed by atoms with Crippen LogP contribution in [0.25, 0.3) is 20.7 Å². The Hall–Kier alpha value is -3.01. The van der Waals surface area contributed by atoms with E-state index in [2.05, 4.69) is 27.1 Å². The van der Waals surface area contributed by atoms with Gasteiger partial charge in [0.2, 0.25) is 5.91 Å². The van der Waals surface area contributed by atoms with Gasteiger partial charge >= 0.3 is 0 Å². The lowest BCUT2D eigenvalue weighted by Crippen LogP contribution is -2.44. The summed E-state index contributed by atoms with van der Waals surface area (Å²) in [6, 6.07) is 11.8. The molecule has 1 saturated heterocycles. The zero-order chi connectivity index (χ0) is 22.1. The third-order valence-electron chi connectivity index (χ3n) is 5.68. The van der Waals surface area contributed by atoms with E-state index in [0.717, 1.165) is 48.0 Å². The minimum Gasteiger partial charge on any atom is -0.367 e. The highest BCUT2D eigenvalue weighted by atomic mass is 32.1. The van der Waals surface area contributed by atoms with Crippen LogP contribution in [0.15, 0.2) is 58.3 Å². The molecule has 1 aromatic carbocycles. The van der Waals surface area contributed by atoms with E-state index in [4.69, 9.17) is 0 Å². The summed E-state index contributed by atoms with van der Waals surface area (Å²) < 4.78 is 1.39. The van der Waals surface area contributed by atoms with Gasteiger partial charge in [0.1, 0.15) is 11.4 Å². The van der Waals surface area contributed by atoms with Crippen LogP contribution >= 0.6 is 22.7 Å². The van der Waals surface area contributed by atoms with E-state index < -0.39 is 0 Å². The number of carbonyl (C=O) groups is 1. The second kappa shape index (κ2) is 8.85. The van der Waals surface area contributed by atoms with E-state index in [1.807, 2.05) is 47.2 Å². The van der Waals surface area contributed by atoms with Crippen molar-refractivity contribution in [2.45, 2.75) is 6.54 Å². The molecule has 1 N–H and O–H groups in total. The Morgan fingerprint density at radius 2 is 1.91 bits per heavy atom. The molecule has 0 saturated carbocycles. The maximum absolute atomic E-state index is 13.2. The Labute approximate surface area is 193 Å². The minimum atomic E-state index is -0.247. The topological polar surface area (TPSA) is 70.5 Å². The number of para-hydroxylation sites is 2. The van der Waals surface area contributed by atoms with E-state index in [1.165, 1.54) is 22.2 Å². The van der Waals surface area contributed by atoms with Crippen molar-refractivity contribution in [2.75, 3.05) is 43.4 Å². The first kappa shape index (κ1) is 20.9. The number of fused-ring (bicyclic) bond motifs is 1. The molecule has 0 bridgehead atoms. The number of benzene rings is 1. The van der Waals surface area contributed by atoms with E-state index in [9.17, 15) is 9.59 Å². The summed E-state index contributed by atoms with van der Waals surface area (Å²) in [7, 11) is 2.12. The number of hydrogen-bond donors (Lipinski definition) is 1. The summed E-state index contributed by atoms with van der Waals surface area (Å²) in [6.07, 6.45) is 1.46. The number of hydrogen-bond acceptors (Lipinski definition) is 7. The number of aromatic nitrogens is 2. The fraction of sp³-hybridized carbons (Fsp3) is 0.261. The summed E-state index contributed by atoms with van der Waals surface area (Å²) in [6.45, 7) is 3.70. The molecule has 0 atom stereocenters. The lowest BCUT2D eigenvalue weighted by Gasteiger charge is -2.35. The Balaban J connectivity index is 1.38. The van der Waals surface area contributed by atoms with Crippen molar-refractivity contribution < 1.29 is 4.79 Å². The maximum Gasteiger partial charge on any atom is 0.263 e. The minimum absolute atomic E-state index is 0.0847. The number of nitrogens with one attached hydrogen (secondary N) is 1. The second-order valence-electron chi connectivity index (χ2n) is 7.84. The van der Waals surface area contributed by atoms with Crippen LogP contribution in [0.2, 0.25) is 0 Å². The molecular formula is C23H23N5O2S2. The number of carbonyl (C=O) groups excluding carboxylic acids is 1. The third-order valence-corrected chi connectivity index (χ3v) is 7.47. The number of likely N-dealkylation sites (N-methyl/N-ethyl adjacent to an activating group) is 1. The van der Waals surface area contributed by atoms with Gasteiger partial charge in [0, 0.05) is 42.0 Å². The highest BCUT2D eigenvalue weighted by molar-refractivity contribution is 7.18. The maximum atomic E-state index is 13.2. The van der Waals surface area contributed by atoms with Crippen molar-refractivity contribution in [3.63, 3.8) is 0 Å². The Bertz CT molecular complexity index is 1300. The fourth-order valence-electron chi connectivity index (χ4n) is 3.94. The normalized spacial score (nSPS) is 14.7. The molecule has 3 aromatic heterocycles. The molecule has 1 aliphatic heterocycles. The van der Waals surface area contributed by atoms with Crippen molar-refractivity contribution in [2.24, 2.45) is 0 Å². The number of thiophene rings is 2. The van der Waals surface area contributed by atoms with Crippen molar-refractivity contribution in [1.29, 1.82) is 0 Å². The molecule has 4 aromatic rings. The molecule has 32 heavy (non-hydrogen) atoms. The van der Waals surface area contributed by atoms with E-state index >= 15 is 0 Å². The lowest BCUT2D eigenvalue weighted by atomic mass is 10.2.